The van der Waals surface area contributed by atoms with Crippen molar-refractivity contribution in [1.82, 2.24) is 5.32 Å². The molecule has 0 amide bonds. The maximum atomic E-state index is 12.4. The molecule has 1 N–H and O–H groups in total. The first-order valence-electron chi connectivity index (χ1n) is 6.21. The van der Waals surface area contributed by atoms with Crippen molar-refractivity contribution in [3.8, 4) is 5.75 Å². The SMILES string of the molecule is COc1cc(C(=O)C(OS(C)(=O)=O)C2CN2)ccc1[N+](=O)[O-]. The Morgan fingerprint density at radius 2 is 2.14 bits per heavy atom. The van der Waals surface area contributed by atoms with E-state index in [1.54, 1.807) is 0 Å². The van der Waals surface area contributed by atoms with Gasteiger partial charge in [-0.25, -0.2) is 0 Å². The van der Waals surface area contributed by atoms with Gasteiger partial charge in [-0.15, -0.1) is 0 Å². The van der Waals surface area contributed by atoms with E-state index < -0.39 is 33.0 Å². The van der Waals surface area contributed by atoms with Gasteiger partial charge in [0.05, 0.1) is 24.3 Å². The topological polar surface area (TPSA) is 135 Å². The molecule has 0 radical (unpaired) electrons. The number of ether oxygens (including phenoxy) is 1. The fourth-order valence-corrected chi connectivity index (χ4v) is 2.51. The van der Waals surface area contributed by atoms with Gasteiger partial charge in [-0.2, -0.15) is 8.42 Å². The Labute approximate surface area is 126 Å². The number of carbonyl (C=O) groups is 1. The maximum Gasteiger partial charge on any atom is 0.310 e. The molecular formula is C12H14N2O7S. The number of rotatable bonds is 7. The predicted octanol–water partition coefficient (Wildman–Crippen LogP) is 0.103. The molecule has 9 nitrogen and oxygen atoms in total. The van der Waals surface area contributed by atoms with E-state index in [2.05, 4.69) is 5.32 Å². The lowest BCUT2D eigenvalue weighted by Gasteiger charge is -2.14. The quantitative estimate of drug-likeness (QED) is 0.244. The Balaban J connectivity index is 2.33. The van der Waals surface area contributed by atoms with Crippen molar-refractivity contribution in [3.63, 3.8) is 0 Å². The molecule has 0 bridgehead atoms. The van der Waals surface area contributed by atoms with E-state index in [1.807, 2.05) is 0 Å². The van der Waals surface area contributed by atoms with Crippen LogP contribution >= 0.6 is 0 Å². The second-order valence-electron chi connectivity index (χ2n) is 4.74. The van der Waals surface area contributed by atoms with E-state index in [0.717, 1.165) is 12.3 Å². The van der Waals surface area contributed by atoms with Crippen molar-refractivity contribution in [2.45, 2.75) is 12.1 Å². The molecule has 0 saturated carbocycles. The number of nitro benzene ring substituents is 1. The highest BCUT2D eigenvalue weighted by Crippen LogP contribution is 2.29. The van der Waals surface area contributed by atoms with Crippen LogP contribution in [0.5, 0.6) is 5.75 Å². The van der Waals surface area contributed by atoms with E-state index in [4.69, 9.17) is 8.92 Å². The lowest BCUT2D eigenvalue weighted by Crippen LogP contribution is -2.33. The summed E-state index contributed by atoms with van der Waals surface area (Å²) in [6, 6.07) is 3.17. The molecule has 22 heavy (non-hydrogen) atoms. The van der Waals surface area contributed by atoms with Gasteiger partial charge in [0.15, 0.2) is 17.6 Å². The molecule has 120 valence electrons. The maximum absolute atomic E-state index is 12.4. The average Bonchev–Trinajstić information content (AvgIpc) is 3.26. The van der Waals surface area contributed by atoms with Crippen molar-refractivity contribution in [3.05, 3.63) is 33.9 Å². The summed E-state index contributed by atoms with van der Waals surface area (Å²) in [5, 5.41) is 13.6. The highest BCUT2D eigenvalue weighted by molar-refractivity contribution is 7.86. The fourth-order valence-electron chi connectivity index (χ4n) is 1.91. The van der Waals surface area contributed by atoms with Crippen LogP contribution in [-0.2, 0) is 14.3 Å². The number of benzene rings is 1. The van der Waals surface area contributed by atoms with Crippen LogP contribution in [0.2, 0.25) is 0 Å². The molecule has 1 saturated heterocycles. The number of carbonyl (C=O) groups excluding carboxylic acids is 1. The van der Waals surface area contributed by atoms with Crippen LogP contribution < -0.4 is 10.1 Å². The third-order valence-corrected chi connectivity index (χ3v) is 3.56. The highest BCUT2D eigenvalue weighted by atomic mass is 32.2. The second kappa shape index (κ2) is 5.99. The van der Waals surface area contributed by atoms with E-state index in [-0.39, 0.29) is 17.0 Å². The highest BCUT2D eigenvalue weighted by Gasteiger charge is 2.40. The molecule has 0 aliphatic carbocycles. The monoisotopic (exact) mass is 330 g/mol. The molecular weight excluding hydrogens is 316 g/mol. The summed E-state index contributed by atoms with van der Waals surface area (Å²) in [6.45, 7) is 0.454. The van der Waals surface area contributed by atoms with Gasteiger partial charge in [0.2, 0.25) is 0 Å². The van der Waals surface area contributed by atoms with E-state index in [1.165, 1.54) is 19.2 Å². The predicted molar refractivity (Wildman–Crippen MR) is 75.5 cm³/mol. The summed E-state index contributed by atoms with van der Waals surface area (Å²) >= 11 is 0. The number of nitro groups is 1. The Hall–Kier alpha value is -2.04. The van der Waals surface area contributed by atoms with Gasteiger partial charge in [0, 0.05) is 18.2 Å². The number of methoxy groups -OCH3 is 1. The molecule has 1 fully saturated rings. The van der Waals surface area contributed by atoms with Crippen LogP contribution in [0.4, 0.5) is 5.69 Å². The molecule has 0 aromatic heterocycles. The van der Waals surface area contributed by atoms with Crippen LogP contribution in [0.1, 0.15) is 10.4 Å². The Morgan fingerprint density at radius 3 is 2.59 bits per heavy atom. The average molecular weight is 330 g/mol. The number of Topliss-reactive ketones (excluding diaryl/α,β-unsaturated/α-hetero) is 1. The summed E-state index contributed by atoms with van der Waals surface area (Å²) in [5.74, 6) is -0.675. The molecule has 1 aromatic rings. The first-order chi connectivity index (χ1) is 10.2. The summed E-state index contributed by atoms with van der Waals surface area (Å²) in [4.78, 5) is 22.6. The summed E-state index contributed by atoms with van der Waals surface area (Å²) < 4.78 is 32.2. The second-order valence-corrected chi connectivity index (χ2v) is 6.34. The van der Waals surface area contributed by atoms with Crippen LogP contribution in [0.3, 0.4) is 0 Å². The molecule has 2 atom stereocenters. The van der Waals surface area contributed by atoms with Gasteiger partial charge >= 0.3 is 5.69 Å². The minimum Gasteiger partial charge on any atom is -0.490 e. The van der Waals surface area contributed by atoms with Crippen molar-refractivity contribution < 1.29 is 27.1 Å². The van der Waals surface area contributed by atoms with Crippen molar-refractivity contribution in [1.29, 1.82) is 0 Å². The van der Waals surface area contributed by atoms with E-state index in [9.17, 15) is 23.3 Å². The molecule has 10 heteroatoms. The fraction of sp³-hybridized carbons (Fsp3) is 0.417. The first-order valence-corrected chi connectivity index (χ1v) is 8.03. The lowest BCUT2D eigenvalue weighted by molar-refractivity contribution is -0.385. The van der Waals surface area contributed by atoms with Gasteiger partial charge in [-0.3, -0.25) is 19.1 Å². The zero-order valence-electron chi connectivity index (χ0n) is 11.8. The van der Waals surface area contributed by atoms with Gasteiger partial charge in [-0.05, 0) is 12.1 Å². The molecule has 2 unspecified atom stereocenters. The van der Waals surface area contributed by atoms with E-state index >= 15 is 0 Å². The van der Waals surface area contributed by atoms with Crippen LogP contribution in [0.25, 0.3) is 0 Å². The zero-order valence-corrected chi connectivity index (χ0v) is 12.6. The Bertz CT molecular complexity index is 712. The molecule has 2 rings (SSSR count). The summed E-state index contributed by atoms with van der Waals surface area (Å²) in [6.07, 6.45) is -0.354. The molecule has 0 spiro atoms. The van der Waals surface area contributed by atoms with Crippen LogP contribution in [0, 0.1) is 10.1 Å². The Morgan fingerprint density at radius 1 is 1.50 bits per heavy atom. The number of nitrogens with zero attached hydrogens (tertiary/aromatic N) is 1. The number of hydrogen-bond acceptors (Lipinski definition) is 8. The van der Waals surface area contributed by atoms with Gasteiger partial charge in [0.25, 0.3) is 10.1 Å². The molecule has 1 aromatic carbocycles. The normalized spacial score (nSPS) is 18.5. The van der Waals surface area contributed by atoms with Crippen molar-refractivity contribution in [2.24, 2.45) is 0 Å². The van der Waals surface area contributed by atoms with E-state index in [0.29, 0.717) is 6.54 Å². The zero-order chi connectivity index (χ0) is 16.5. The molecule has 1 heterocycles. The minimum atomic E-state index is -3.82. The number of hydrogen-bond donors (Lipinski definition) is 1. The third-order valence-electron chi connectivity index (χ3n) is 3.00. The summed E-state index contributed by atoms with van der Waals surface area (Å²) in [5.41, 5.74) is -0.214. The lowest BCUT2D eigenvalue weighted by atomic mass is 10.0. The van der Waals surface area contributed by atoms with Gasteiger partial charge in [-0.1, -0.05) is 0 Å². The molecule has 1 aliphatic heterocycles. The first kappa shape index (κ1) is 16.3. The summed E-state index contributed by atoms with van der Waals surface area (Å²) in [7, 11) is -2.58. The standard InChI is InChI=1S/C12H14N2O7S/c1-20-10-5-7(3-4-9(10)14(16)17)11(15)12(8-6-13-8)21-22(2,18)19/h3-5,8,12-13H,6H2,1-2H3. The van der Waals surface area contributed by atoms with Crippen LogP contribution in [0.15, 0.2) is 18.2 Å². The van der Waals surface area contributed by atoms with Gasteiger partial charge in [0.1, 0.15) is 0 Å². The number of ketones is 1. The van der Waals surface area contributed by atoms with Gasteiger partial charge < -0.3 is 10.1 Å². The van der Waals surface area contributed by atoms with Crippen molar-refractivity contribution in [2.75, 3.05) is 19.9 Å². The Kier molecular flexibility index (Phi) is 4.44. The minimum absolute atomic E-state index is 0.0739. The third kappa shape index (κ3) is 3.78. The smallest absolute Gasteiger partial charge is 0.310 e. The van der Waals surface area contributed by atoms with Crippen LogP contribution in [-0.4, -0.2) is 51.2 Å². The largest absolute Gasteiger partial charge is 0.490 e. The van der Waals surface area contributed by atoms with Crippen molar-refractivity contribution >= 4 is 21.6 Å². The number of nitrogens with one attached hydrogen (secondary N) is 1. The molecule has 1 aliphatic rings.